The fraction of sp³-hybridized carbons (Fsp3) is 0.250. The number of amides is 2. The third-order valence-electron chi connectivity index (χ3n) is 5.20. The molecule has 0 radical (unpaired) electrons. The maximum absolute atomic E-state index is 13.6. The number of carbonyl (C=O) groups is 2. The molecule has 0 aliphatic carbocycles. The standard InChI is InChI=1S/C24H22F4N4O5S/c1-12-17(24(26,27)28)11-29-23(37-18-8-9-19(25)30-13(18)2)20(12)22(35)31-15-6-5-7-16(10-15)38(4,36)32-21(34)14(3)33/h5-11,14,33H,1-4H3,(H,31,35)/t14-,38-/m1/s1. The lowest BCUT2D eigenvalue weighted by molar-refractivity contribution is -0.138. The van der Waals surface area contributed by atoms with E-state index in [-0.39, 0.29) is 22.0 Å². The third kappa shape index (κ3) is 6.50. The number of aryl methyl sites for hydroxylation is 1. The third-order valence-corrected chi connectivity index (χ3v) is 6.85. The van der Waals surface area contributed by atoms with Crippen molar-refractivity contribution < 1.29 is 41.2 Å². The number of nitrogens with zero attached hydrogens (tertiary/aromatic N) is 3. The fourth-order valence-corrected chi connectivity index (χ4v) is 4.52. The Morgan fingerprint density at radius 3 is 2.47 bits per heavy atom. The first-order valence-corrected chi connectivity index (χ1v) is 12.8. The maximum Gasteiger partial charge on any atom is 0.418 e. The highest BCUT2D eigenvalue weighted by Gasteiger charge is 2.36. The lowest BCUT2D eigenvalue weighted by Gasteiger charge is -2.17. The van der Waals surface area contributed by atoms with E-state index in [2.05, 4.69) is 19.6 Å². The molecule has 14 heteroatoms. The maximum atomic E-state index is 13.6. The Morgan fingerprint density at radius 2 is 1.87 bits per heavy atom. The number of pyridine rings is 2. The van der Waals surface area contributed by atoms with Crippen molar-refractivity contribution in [3.63, 3.8) is 0 Å². The number of aliphatic hydroxyl groups is 1. The highest BCUT2D eigenvalue weighted by Crippen LogP contribution is 2.37. The molecule has 0 fully saturated rings. The van der Waals surface area contributed by atoms with Crippen LogP contribution in [0.3, 0.4) is 0 Å². The first-order chi connectivity index (χ1) is 17.6. The molecule has 2 N–H and O–H groups in total. The van der Waals surface area contributed by atoms with Gasteiger partial charge in [-0.2, -0.15) is 21.9 Å². The van der Waals surface area contributed by atoms with E-state index in [1.165, 1.54) is 37.3 Å². The van der Waals surface area contributed by atoms with Crippen molar-refractivity contribution >= 4 is 27.2 Å². The van der Waals surface area contributed by atoms with E-state index in [0.29, 0.717) is 6.20 Å². The number of halogens is 4. The van der Waals surface area contributed by atoms with Crippen LogP contribution >= 0.6 is 0 Å². The Hall–Kier alpha value is -3.91. The number of carbonyl (C=O) groups excluding carboxylic acids is 2. The average molecular weight is 555 g/mol. The molecule has 0 saturated heterocycles. The summed E-state index contributed by atoms with van der Waals surface area (Å²) in [6.45, 7) is 3.63. The molecule has 0 aliphatic heterocycles. The normalized spacial score (nSPS) is 13.8. The molecule has 0 spiro atoms. The largest absolute Gasteiger partial charge is 0.436 e. The van der Waals surface area contributed by atoms with Crippen molar-refractivity contribution in [1.29, 1.82) is 0 Å². The van der Waals surface area contributed by atoms with Crippen LogP contribution in [0.1, 0.15) is 34.1 Å². The highest BCUT2D eigenvalue weighted by atomic mass is 32.2. The minimum Gasteiger partial charge on any atom is -0.436 e. The van der Waals surface area contributed by atoms with Gasteiger partial charge in [0.25, 0.3) is 11.8 Å². The van der Waals surface area contributed by atoms with E-state index in [1.54, 1.807) is 0 Å². The number of aliphatic hydroxyl groups excluding tert-OH is 1. The van der Waals surface area contributed by atoms with Crippen molar-refractivity contribution in [3.8, 4) is 11.6 Å². The number of alkyl halides is 3. The van der Waals surface area contributed by atoms with E-state index in [0.717, 1.165) is 26.2 Å². The highest BCUT2D eigenvalue weighted by molar-refractivity contribution is 7.93. The minimum atomic E-state index is -4.83. The van der Waals surface area contributed by atoms with E-state index >= 15 is 0 Å². The van der Waals surface area contributed by atoms with Gasteiger partial charge in [-0.1, -0.05) is 6.07 Å². The number of hydrogen-bond acceptors (Lipinski definition) is 7. The molecule has 2 heterocycles. The van der Waals surface area contributed by atoms with Crippen LogP contribution in [0.5, 0.6) is 11.6 Å². The van der Waals surface area contributed by atoms with Gasteiger partial charge in [-0.15, -0.1) is 0 Å². The van der Waals surface area contributed by atoms with Crippen LogP contribution < -0.4 is 10.1 Å². The molecule has 202 valence electrons. The molecule has 38 heavy (non-hydrogen) atoms. The zero-order chi connectivity index (χ0) is 28.4. The van der Waals surface area contributed by atoms with Crippen molar-refractivity contribution in [2.45, 2.75) is 37.9 Å². The molecule has 0 saturated carbocycles. The Labute approximate surface area is 215 Å². The molecule has 0 unspecified atom stereocenters. The molecule has 2 atom stereocenters. The van der Waals surface area contributed by atoms with Gasteiger partial charge >= 0.3 is 6.18 Å². The van der Waals surface area contributed by atoms with Gasteiger partial charge in [0.05, 0.1) is 21.0 Å². The lowest BCUT2D eigenvalue weighted by Crippen LogP contribution is -2.19. The summed E-state index contributed by atoms with van der Waals surface area (Å²) in [4.78, 5) is 32.3. The summed E-state index contributed by atoms with van der Waals surface area (Å²) in [5.74, 6) is -3.38. The second-order valence-corrected chi connectivity index (χ2v) is 10.4. The quantitative estimate of drug-likeness (QED) is 0.335. The monoisotopic (exact) mass is 554 g/mol. The second-order valence-electron chi connectivity index (χ2n) is 8.18. The summed E-state index contributed by atoms with van der Waals surface area (Å²) in [7, 11) is -3.33. The zero-order valence-corrected chi connectivity index (χ0v) is 21.3. The van der Waals surface area contributed by atoms with Gasteiger partial charge in [0.15, 0.2) is 5.75 Å². The van der Waals surface area contributed by atoms with E-state index in [4.69, 9.17) is 4.74 Å². The van der Waals surface area contributed by atoms with Crippen molar-refractivity contribution in [3.05, 3.63) is 70.9 Å². The molecule has 3 rings (SSSR count). The Balaban J connectivity index is 2.05. The van der Waals surface area contributed by atoms with Gasteiger partial charge in [0, 0.05) is 23.0 Å². The van der Waals surface area contributed by atoms with Crippen molar-refractivity contribution in [2.75, 3.05) is 11.6 Å². The molecular weight excluding hydrogens is 532 g/mol. The van der Waals surface area contributed by atoms with E-state index in [1.807, 2.05) is 0 Å². The average Bonchev–Trinajstić information content (AvgIpc) is 2.80. The Bertz CT molecular complexity index is 1530. The molecule has 1 aromatic carbocycles. The molecule has 2 aromatic heterocycles. The Morgan fingerprint density at radius 1 is 1.18 bits per heavy atom. The molecular formula is C24H22F4N4O5S. The van der Waals surface area contributed by atoms with Gasteiger partial charge in [-0.25, -0.2) is 14.2 Å². The summed E-state index contributed by atoms with van der Waals surface area (Å²) >= 11 is 0. The lowest BCUT2D eigenvalue weighted by atomic mass is 10.0. The SMILES string of the molecule is Cc1nc(F)ccc1Oc1ncc(C(F)(F)F)c(C)c1C(=O)Nc1cccc([S@@](C)(=O)=NC(=O)[C@@H](C)O)c1. The number of nitrogens with one attached hydrogen (secondary N) is 1. The first kappa shape index (κ1) is 28.7. The van der Waals surface area contributed by atoms with E-state index in [9.17, 15) is 36.5 Å². The Kier molecular flexibility index (Phi) is 8.17. The number of anilines is 1. The minimum absolute atomic E-state index is 0.0177. The predicted octanol–water partition coefficient (Wildman–Crippen LogP) is 4.66. The molecule has 3 aromatic rings. The van der Waals surface area contributed by atoms with Gasteiger partial charge in [0.1, 0.15) is 11.7 Å². The van der Waals surface area contributed by atoms with Gasteiger partial charge in [0.2, 0.25) is 11.8 Å². The van der Waals surface area contributed by atoms with Crippen molar-refractivity contribution in [2.24, 2.45) is 4.36 Å². The summed E-state index contributed by atoms with van der Waals surface area (Å²) in [6.07, 6.45) is -4.64. The topological polar surface area (TPSA) is 131 Å². The van der Waals surface area contributed by atoms with Crippen molar-refractivity contribution in [1.82, 2.24) is 9.97 Å². The van der Waals surface area contributed by atoms with Crippen LogP contribution in [0.4, 0.5) is 23.2 Å². The number of ether oxygens (including phenoxy) is 1. The van der Waals surface area contributed by atoms with Crippen LogP contribution in [0.25, 0.3) is 0 Å². The van der Waals surface area contributed by atoms with Gasteiger partial charge in [-0.05, 0) is 56.7 Å². The fourth-order valence-electron chi connectivity index (χ4n) is 3.24. The molecule has 0 aliphatic rings. The first-order valence-electron chi connectivity index (χ1n) is 10.8. The van der Waals surface area contributed by atoms with Gasteiger partial charge in [-0.3, -0.25) is 9.59 Å². The zero-order valence-electron chi connectivity index (χ0n) is 20.5. The summed E-state index contributed by atoms with van der Waals surface area (Å²) in [5, 5.41) is 11.8. The van der Waals surface area contributed by atoms with Crippen LogP contribution in [0, 0.1) is 19.8 Å². The van der Waals surface area contributed by atoms with Crippen LogP contribution in [-0.4, -0.2) is 43.5 Å². The van der Waals surface area contributed by atoms with Gasteiger partial charge < -0.3 is 15.2 Å². The number of aromatic nitrogens is 2. The smallest absolute Gasteiger partial charge is 0.418 e. The summed E-state index contributed by atoms with van der Waals surface area (Å²) in [6, 6.07) is 7.52. The van der Waals surface area contributed by atoms with Crippen LogP contribution in [0.2, 0.25) is 0 Å². The van der Waals surface area contributed by atoms with E-state index < -0.39 is 62.3 Å². The number of benzene rings is 1. The molecule has 2 amide bonds. The molecule has 0 bridgehead atoms. The number of rotatable bonds is 6. The second kappa shape index (κ2) is 10.8. The summed E-state index contributed by atoms with van der Waals surface area (Å²) in [5.41, 5.74) is -2.13. The molecule has 9 nitrogen and oxygen atoms in total. The number of hydrogen-bond donors (Lipinski definition) is 2. The van der Waals surface area contributed by atoms with Crippen LogP contribution in [-0.2, 0) is 20.7 Å². The predicted molar refractivity (Wildman–Crippen MR) is 129 cm³/mol. The van der Waals surface area contributed by atoms with Crippen LogP contribution in [0.15, 0.2) is 51.9 Å². The summed E-state index contributed by atoms with van der Waals surface area (Å²) < 4.78 is 76.1.